The Hall–Kier alpha value is -2.45. The van der Waals surface area contributed by atoms with Gasteiger partial charge in [0.2, 0.25) is 10.0 Å². The van der Waals surface area contributed by atoms with Gasteiger partial charge in [-0.1, -0.05) is 18.6 Å². The van der Waals surface area contributed by atoms with Crippen molar-refractivity contribution < 1.29 is 22.3 Å². The fourth-order valence-electron chi connectivity index (χ4n) is 3.37. The van der Waals surface area contributed by atoms with Gasteiger partial charge in [0, 0.05) is 18.7 Å². The Morgan fingerprint density at radius 3 is 2.52 bits per heavy atom. The third-order valence-corrected chi connectivity index (χ3v) is 6.97. The number of carbonyl (C=O) groups excluding carboxylic acids is 1. The molecule has 0 bridgehead atoms. The number of nitrogens with one attached hydrogen (secondary N) is 1. The summed E-state index contributed by atoms with van der Waals surface area (Å²) in [7, 11) is -2.24. The van der Waals surface area contributed by atoms with Crippen molar-refractivity contribution in [2.45, 2.75) is 37.1 Å². The lowest BCUT2D eigenvalue weighted by Crippen LogP contribution is -2.35. The summed E-state index contributed by atoms with van der Waals surface area (Å²) in [5.41, 5.74) is 0.817. The van der Waals surface area contributed by atoms with Crippen molar-refractivity contribution in [1.29, 1.82) is 0 Å². The highest BCUT2D eigenvalue weighted by Crippen LogP contribution is 2.23. The van der Waals surface area contributed by atoms with Crippen LogP contribution in [0.25, 0.3) is 0 Å². The van der Waals surface area contributed by atoms with Gasteiger partial charge in [-0.05, 0) is 55.7 Å². The molecule has 1 atom stereocenters. The van der Waals surface area contributed by atoms with Crippen LogP contribution in [0.3, 0.4) is 0 Å². The topological polar surface area (TPSA) is 75.7 Å². The smallest absolute Gasteiger partial charge is 0.251 e. The highest BCUT2D eigenvalue weighted by molar-refractivity contribution is 7.89. The first-order valence-corrected chi connectivity index (χ1v) is 11.0. The van der Waals surface area contributed by atoms with Crippen LogP contribution in [-0.2, 0) is 10.0 Å². The molecule has 0 aliphatic carbocycles. The SMILES string of the molecule is COc1ccc([C@@H](C)NC(=O)c2cccc(S(=O)(=O)N3CCCCC3)c2)cc1F. The molecule has 29 heavy (non-hydrogen) atoms. The van der Waals surface area contributed by atoms with Gasteiger partial charge in [0.25, 0.3) is 5.91 Å². The molecule has 0 unspecified atom stereocenters. The zero-order valence-corrected chi connectivity index (χ0v) is 17.3. The molecule has 6 nitrogen and oxygen atoms in total. The number of hydrogen-bond donors (Lipinski definition) is 1. The molecule has 1 heterocycles. The van der Waals surface area contributed by atoms with E-state index in [0.717, 1.165) is 19.3 Å². The molecule has 0 spiro atoms. The average molecular weight is 421 g/mol. The van der Waals surface area contributed by atoms with E-state index in [0.29, 0.717) is 18.7 Å². The lowest BCUT2D eigenvalue weighted by atomic mass is 10.1. The van der Waals surface area contributed by atoms with Crippen molar-refractivity contribution in [2.75, 3.05) is 20.2 Å². The van der Waals surface area contributed by atoms with Gasteiger partial charge in [-0.2, -0.15) is 4.31 Å². The Kier molecular flexibility index (Phi) is 6.54. The van der Waals surface area contributed by atoms with E-state index < -0.39 is 27.8 Å². The Bertz CT molecular complexity index is 988. The zero-order chi connectivity index (χ0) is 21.0. The number of nitrogens with zero attached hydrogens (tertiary/aromatic N) is 1. The first-order valence-electron chi connectivity index (χ1n) is 9.57. The number of carbonyl (C=O) groups is 1. The highest BCUT2D eigenvalue weighted by atomic mass is 32.2. The van der Waals surface area contributed by atoms with Gasteiger partial charge in [0.15, 0.2) is 11.6 Å². The molecule has 0 saturated carbocycles. The largest absolute Gasteiger partial charge is 0.494 e. The van der Waals surface area contributed by atoms with Crippen LogP contribution in [0.2, 0.25) is 0 Å². The summed E-state index contributed by atoms with van der Waals surface area (Å²) in [6.07, 6.45) is 2.71. The van der Waals surface area contributed by atoms with Crippen molar-refractivity contribution in [3.8, 4) is 5.75 Å². The van der Waals surface area contributed by atoms with Gasteiger partial charge in [-0.25, -0.2) is 12.8 Å². The van der Waals surface area contributed by atoms with Crippen LogP contribution in [0, 0.1) is 5.82 Å². The summed E-state index contributed by atoms with van der Waals surface area (Å²) in [4.78, 5) is 12.8. The molecule has 0 aromatic heterocycles. The van der Waals surface area contributed by atoms with E-state index in [1.807, 2.05) is 0 Å². The summed E-state index contributed by atoms with van der Waals surface area (Å²) in [5.74, 6) is -0.812. The van der Waals surface area contributed by atoms with Crippen molar-refractivity contribution in [3.63, 3.8) is 0 Å². The predicted octanol–water partition coefficient (Wildman–Crippen LogP) is 3.50. The number of methoxy groups -OCH3 is 1. The molecule has 8 heteroatoms. The maximum Gasteiger partial charge on any atom is 0.251 e. The molecule has 1 N–H and O–H groups in total. The second-order valence-corrected chi connectivity index (χ2v) is 9.02. The summed E-state index contributed by atoms with van der Waals surface area (Å²) < 4.78 is 46.0. The fourth-order valence-corrected chi connectivity index (χ4v) is 4.93. The van der Waals surface area contributed by atoms with Crippen LogP contribution >= 0.6 is 0 Å². The van der Waals surface area contributed by atoms with Gasteiger partial charge < -0.3 is 10.1 Å². The van der Waals surface area contributed by atoms with E-state index in [4.69, 9.17) is 4.74 Å². The number of rotatable bonds is 6. The molecule has 2 aromatic carbocycles. The van der Waals surface area contributed by atoms with E-state index >= 15 is 0 Å². The monoisotopic (exact) mass is 420 g/mol. The third kappa shape index (κ3) is 4.76. The molecule has 1 saturated heterocycles. The third-order valence-electron chi connectivity index (χ3n) is 5.07. The van der Waals surface area contributed by atoms with Gasteiger partial charge in [-0.15, -0.1) is 0 Å². The molecule has 156 valence electrons. The van der Waals surface area contributed by atoms with Crippen molar-refractivity contribution in [3.05, 3.63) is 59.4 Å². The average Bonchev–Trinajstić information content (AvgIpc) is 2.74. The van der Waals surface area contributed by atoms with E-state index in [-0.39, 0.29) is 16.2 Å². The zero-order valence-electron chi connectivity index (χ0n) is 16.5. The number of sulfonamides is 1. The molecule has 1 aliphatic heterocycles. The standard InChI is InChI=1S/C21H25FN2O4S/c1-15(16-9-10-20(28-2)19(22)14-16)23-21(25)17-7-6-8-18(13-17)29(26,27)24-11-4-3-5-12-24/h6-10,13-15H,3-5,11-12H2,1-2H3,(H,23,25)/t15-/m1/s1. The molecular weight excluding hydrogens is 395 g/mol. The molecular formula is C21H25FN2O4S. The Balaban J connectivity index is 1.76. The van der Waals surface area contributed by atoms with Crippen LogP contribution in [-0.4, -0.2) is 38.8 Å². The maximum absolute atomic E-state index is 13.9. The van der Waals surface area contributed by atoms with Crippen LogP contribution in [0.5, 0.6) is 5.75 Å². The van der Waals surface area contributed by atoms with Crippen LogP contribution in [0.1, 0.15) is 48.1 Å². The van der Waals surface area contributed by atoms with Gasteiger partial charge in [-0.3, -0.25) is 4.79 Å². The Morgan fingerprint density at radius 1 is 1.14 bits per heavy atom. The molecule has 3 rings (SSSR count). The number of piperidine rings is 1. The van der Waals surface area contributed by atoms with Crippen molar-refractivity contribution in [2.24, 2.45) is 0 Å². The van der Waals surface area contributed by atoms with Crippen molar-refractivity contribution >= 4 is 15.9 Å². The van der Waals surface area contributed by atoms with Gasteiger partial charge in [0.1, 0.15) is 0 Å². The molecule has 1 amide bonds. The number of ether oxygens (including phenoxy) is 1. The normalized spacial score (nSPS) is 16.2. The number of benzene rings is 2. The van der Waals surface area contributed by atoms with E-state index in [1.165, 1.54) is 35.7 Å². The summed E-state index contributed by atoms with van der Waals surface area (Å²) in [6, 6.07) is 10.0. The Morgan fingerprint density at radius 2 is 1.86 bits per heavy atom. The van der Waals surface area contributed by atoms with Gasteiger partial charge in [0.05, 0.1) is 18.0 Å². The van der Waals surface area contributed by atoms with Crippen LogP contribution in [0.15, 0.2) is 47.4 Å². The lowest BCUT2D eigenvalue weighted by Gasteiger charge is -2.26. The summed E-state index contributed by atoms with van der Waals surface area (Å²) in [5, 5.41) is 2.78. The van der Waals surface area contributed by atoms with Crippen molar-refractivity contribution in [1.82, 2.24) is 9.62 Å². The number of amides is 1. The van der Waals surface area contributed by atoms with E-state index in [1.54, 1.807) is 25.1 Å². The first-order chi connectivity index (χ1) is 13.8. The predicted molar refractivity (Wildman–Crippen MR) is 108 cm³/mol. The molecule has 1 fully saturated rings. The van der Waals surface area contributed by atoms with Crippen LogP contribution < -0.4 is 10.1 Å². The molecule has 0 radical (unpaired) electrons. The van der Waals surface area contributed by atoms with Gasteiger partial charge >= 0.3 is 0 Å². The lowest BCUT2D eigenvalue weighted by molar-refractivity contribution is 0.0939. The number of hydrogen-bond acceptors (Lipinski definition) is 4. The van der Waals surface area contributed by atoms with E-state index in [2.05, 4.69) is 5.32 Å². The Labute approximate surface area is 170 Å². The fraction of sp³-hybridized carbons (Fsp3) is 0.381. The molecule has 1 aliphatic rings. The van der Waals surface area contributed by atoms with Crippen LogP contribution in [0.4, 0.5) is 4.39 Å². The second-order valence-electron chi connectivity index (χ2n) is 7.08. The minimum atomic E-state index is -3.62. The first kappa shape index (κ1) is 21.3. The highest BCUT2D eigenvalue weighted by Gasteiger charge is 2.26. The minimum Gasteiger partial charge on any atom is -0.494 e. The summed E-state index contributed by atoms with van der Waals surface area (Å²) >= 11 is 0. The number of halogens is 1. The second kappa shape index (κ2) is 8.92. The van der Waals surface area contributed by atoms with E-state index in [9.17, 15) is 17.6 Å². The minimum absolute atomic E-state index is 0.107. The summed E-state index contributed by atoms with van der Waals surface area (Å²) in [6.45, 7) is 2.73. The maximum atomic E-state index is 13.9. The molecule has 2 aromatic rings. The quantitative estimate of drug-likeness (QED) is 0.776.